The van der Waals surface area contributed by atoms with Gasteiger partial charge in [0.15, 0.2) is 0 Å². The lowest BCUT2D eigenvalue weighted by Gasteiger charge is -2.29. The first-order valence-electron chi connectivity index (χ1n) is 9.60. The summed E-state index contributed by atoms with van der Waals surface area (Å²) in [5, 5.41) is 11.2. The van der Waals surface area contributed by atoms with Crippen LogP contribution in [0.3, 0.4) is 0 Å². The average Bonchev–Trinajstić information content (AvgIpc) is 3.13. The van der Waals surface area contributed by atoms with E-state index in [1.807, 2.05) is 38.3 Å². The van der Waals surface area contributed by atoms with Gasteiger partial charge in [0, 0.05) is 21.4 Å². The number of halogens is 2. The Kier molecular flexibility index (Phi) is 5.90. The summed E-state index contributed by atoms with van der Waals surface area (Å²) in [6, 6.07) is 9.72. The van der Waals surface area contributed by atoms with Gasteiger partial charge in [-0.15, -0.1) is 5.10 Å². The van der Waals surface area contributed by atoms with Crippen molar-refractivity contribution in [2.45, 2.75) is 32.0 Å². The summed E-state index contributed by atoms with van der Waals surface area (Å²) in [7, 11) is 0. The van der Waals surface area contributed by atoms with E-state index in [1.165, 1.54) is 17.8 Å². The van der Waals surface area contributed by atoms with Crippen molar-refractivity contribution in [3.8, 4) is 0 Å². The van der Waals surface area contributed by atoms with Crippen LogP contribution in [0.25, 0.3) is 0 Å². The molecule has 1 atom stereocenters. The molecule has 0 spiro atoms. The maximum atomic E-state index is 15.0. The van der Waals surface area contributed by atoms with Gasteiger partial charge >= 0.3 is 0 Å². The van der Waals surface area contributed by atoms with Gasteiger partial charge in [-0.2, -0.15) is 4.98 Å². The molecule has 1 aromatic heterocycles. The number of anilines is 2. The molecule has 0 aliphatic carbocycles. The van der Waals surface area contributed by atoms with Gasteiger partial charge in [-0.3, -0.25) is 4.79 Å². The molecule has 4 rings (SSSR count). The van der Waals surface area contributed by atoms with Gasteiger partial charge in [-0.25, -0.2) is 9.07 Å². The van der Waals surface area contributed by atoms with Gasteiger partial charge in [-0.1, -0.05) is 45.4 Å². The van der Waals surface area contributed by atoms with E-state index >= 15 is 0 Å². The maximum Gasteiger partial charge on any atom is 0.255 e. The quantitative estimate of drug-likeness (QED) is 0.465. The van der Waals surface area contributed by atoms with Crippen molar-refractivity contribution >= 4 is 45.2 Å². The fourth-order valence-electron chi connectivity index (χ4n) is 3.67. The van der Waals surface area contributed by atoms with Gasteiger partial charge in [0.05, 0.1) is 5.57 Å². The summed E-state index contributed by atoms with van der Waals surface area (Å²) in [6.45, 7) is 5.73. The van der Waals surface area contributed by atoms with Gasteiger partial charge in [0.1, 0.15) is 11.9 Å². The molecule has 0 unspecified atom stereocenters. The van der Waals surface area contributed by atoms with E-state index in [2.05, 4.69) is 36.6 Å². The molecule has 160 valence electrons. The molecule has 0 radical (unpaired) electrons. The van der Waals surface area contributed by atoms with Gasteiger partial charge in [0.2, 0.25) is 11.1 Å². The van der Waals surface area contributed by atoms with Crippen molar-refractivity contribution in [2.24, 2.45) is 0 Å². The highest BCUT2D eigenvalue weighted by Gasteiger charge is 2.36. The molecule has 1 aliphatic rings. The Balaban J connectivity index is 1.83. The Morgan fingerprint density at radius 1 is 1.23 bits per heavy atom. The number of amides is 1. The zero-order valence-electron chi connectivity index (χ0n) is 17.5. The maximum absolute atomic E-state index is 15.0. The number of benzene rings is 2. The smallest absolute Gasteiger partial charge is 0.255 e. The predicted molar refractivity (Wildman–Crippen MR) is 125 cm³/mol. The van der Waals surface area contributed by atoms with Crippen LogP contribution >= 0.6 is 27.7 Å². The molecule has 1 aliphatic heterocycles. The van der Waals surface area contributed by atoms with Crippen LogP contribution < -0.4 is 10.6 Å². The zero-order chi connectivity index (χ0) is 22.3. The number of hydrogen-bond acceptors (Lipinski definition) is 5. The summed E-state index contributed by atoms with van der Waals surface area (Å²) < 4.78 is 17.3. The van der Waals surface area contributed by atoms with Crippen molar-refractivity contribution in [2.75, 3.05) is 16.9 Å². The standard InChI is InChI=1S/C22H21BrFN5OS/c1-11-5-8-17(12(2)9-11)26-20(30)18-13(3)25-21-27-22(31-4)28-29(21)19(18)15-10-14(23)6-7-16(15)24/h5-10,19H,1-4H3,(H,26,30)(H,25,27,28)/t19-/m1/s1. The van der Waals surface area contributed by atoms with E-state index in [1.54, 1.807) is 23.7 Å². The second-order valence-corrected chi connectivity index (χ2v) is 9.06. The highest BCUT2D eigenvalue weighted by atomic mass is 79.9. The van der Waals surface area contributed by atoms with Crippen molar-refractivity contribution in [3.05, 3.63) is 74.6 Å². The second-order valence-electron chi connectivity index (χ2n) is 7.37. The molecule has 0 saturated carbocycles. The number of aromatic nitrogens is 3. The molecule has 2 heterocycles. The van der Waals surface area contributed by atoms with E-state index < -0.39 is 11.9 Å². The van der Waals surface area contributed by atoms with E-state index in [0.29, 0.717) is 38.1 Å². The normalized spacial score (nSPS) is 15.5. The third-order valence-electron chi connectivity index (χ3n) is 5.14. The van der Waals surface area contributed by atoms with Crippen LogP contribution in [-0.2, 0) is 4.79 Å². The SMILES string of the molecule is CSc1nc2n(n1)[C@H](c1cc(Br)ccc1F)C(C(=O)Nc1ccc(C)cc1C)=C(C)N2. The molecule has 2 aromatic carbocycles. The lowest BCUT2D eigenvalue weighted by Crippen LogP contribution is -2.32. The van der Waals surface area contributed by atoms with Crippen LogP contribution in [0.4, 0.5) is 16.0 Å². The first kappa shape index (κ1) is 21.6. The third-order valence-corrected chi connectivity index (χ3v) is 6.17. The number of nitrogens with one attached hydrogen (secondary N) is 2. The number of carbonyl (C=O) groups is 1. The third kappa shape index (κ3) is 4.12. The molecule has 0 saturated heterocycles. The van der Waals surface area contributed by atoms with Crippen molar-refractivity contribution < 1.29 is 9.18 Å². The van der Waals surface area contributed by atoms with Gasteiger partial charge < -0.3 is 10.6 Å². The minimum Gasteiger partial charge on any atom is -0.328 e. The number of nitrogens with zero attached hydrogens (tertiary/aromatic N) is 3. The average molecular weight is 502 g/mol. The summed E-state index contributed by atoms with van der Waals surface area (Å²) >= 11 is 4.79. The highest BCUT2D eigenvalue weighted by molar-refractivity contribution is 9.10. The lowest BCUT2D eigenvalue weighted by atomic mass is 9.94. The zero-order valence-corrected chi connectivity index (χ0v) is 19.9. The molecule has 6 nitrogen and oxygen atoms in total. The Labute approximate surface area is 192 Å². The molecule has 1 amide bonds. The Morgan fingerprint density at radius 3 is 2.71 bits per heavy atom. The van der Waals surface area contributed by atoms with E-state index in [0.717, 1.165) is 11.1 Å². The van der Waals surface area contributed by atoms with E-state index in [4.69, 9.17) is 0 Å². The molecule has 3 aromatic rings. The predicted octanol–water partition coefficient (Wildman–Crippen LogP) is 5.45. The number of allylic oxidation sites excluding steroid dienone is 1. The Bertz CT molecular complexity index is 1220. The Hall–Kier alpha value is -2.65. The number of hydrogen-bond donors (Lipinski definition) is 2. The number of rotatable bonds is 4. The second kappa shape index (κ2) is 8.47. The Morgan fingerprint density at radius 2 is 2.00 bits per heavy atom. The van der Waals surface area contributed by atoms with Gasteiger partial charge in [-0.05, 0) is 56.9 Å². The van der Waals surface area contributed by atoms with Crippen LogP contribution in [0, 0.1) is 19.7 Å². The number of thioether (sulfide) groups is 1. The molecular formula is C22H21BrFN5OS. The van der Waals surface area contributed by atoms with Crippen LogP contribution in [0.2, 0.25) is 0 Å². The van der Waals surface area contributed by atoms with Crippen LogP contribution in [0.1, 0.15) is 29.7 Å². The molecule has 2 N–H and O–H groups in total. The molecular weight excluding hydrogens is 481 g/mol. The van der Waals surface area contributed by atoms with Crippen molar-refractivity contribution in [1.82, 2.24) is 14.8 Å². The summed E-state index contributed by atoms with van der Waals surface area (Å²) in [4.78, 5) is 17.9. The van der Waals surface area contributed by atoms with Crippen LogP contribution in [0.5, 0.6) is 0 Å². The van der Waals surface area contributed by atoms with E-state index in [9.17, 15) is 9.18 Å². The number of carbonyl (C=O) groups excluding carboxylic acids is 1. The van der Waals surface area contributed by atoms with Crippen LogP contribution in [0.15, 0.2) is 57.3 Å². The van der Waals surface area contributed by atoms with Gasteiger partial charge in [0.25, 0.3) is 5.91 Å². The molecule has 0 bridgehead atoms. The molecule has 31 heavy (non-hydrogen) atoms. The monoisotopic (exact) mass is 501 g/mol. The van der Waals surface area contributed by atoms with Crippen LogP contribution in [-0.4, -0.2) is 26.9 Å². The first-order valence-corrected chi connectivity index (χ1v) is 11.6. The number of fused-ring (bicyclic) bond motifs is 1. The minimum atomic E-state index is -0.770. The minimum absolute atomic E-state index is 0.326. The highest BCUT2D eigenvalue weighted by Crippen LogP contribution is 2.38. The summed E-state index contributed by atoms with van der Waals surface area (Å²) in [6.07, 6.45) is 1.87. The van der Waals surface area contributed by atoms with Crippen molar-refractivity contribution in [1.29, 1.82) is 0 Å². The fourth-order valence-corrected chi connectivity index (χ4v) is 4.39. The lowest BCUT2D eigenvalue weighted by molar-refractivity contribution is -0.113. The van der Waals surface area contributed by atoms with Crippen molar-refractivity contribution in [3.63, 3.8) is 0 Å². The first-order chi connectivity index (χ1) is 14.8. The van der Waals surface area contributed by atoms with E-state index in [-0.39, 0.29) is 5.91 Å². The molecule has 0 fully saturated rings. The topological polar surface area (TPSA) is 71.8 Å². The largest absolute Gasteiger partial charge is 0.328 e. The number of aryl methyl sites for hydroxylation is 2. The summed E-state index contributed by atoms with van der Waals surface area (Å²) in [5.41, 5.74) is 4.07. The molecule has 9 heteroatoms. The summed E-state index contributed by atoms with van der Waals surface area (Å²) in [5.74, 6) is -0.283. The fraction of sp³-hybridized carbons (Fsp3) is 0.227.